The molecule has 2 unspecified atom stereocenters. The molecule has 13 N–H and O–H groups in total. The largest absolute Gasteiger partial charge is 0.481 e. The first-order chi connectivity index (χ1) is 37.3. The average Bonchev–Trinajstić information content (AvgIpc) is 4.19. The Morgan fingerprint density at radius 3 is 1.74 bits per heavy atom. The second kappa shape index (κ2) is 31.1. The number of benzene rings is 3. The van der Waals surface area contributed by atoms with E-state index < -0.39 is 77.7 Å². The van der Waals surface area contributed by atoms with E-state index >= 15 is 0 Å². The van der Waals surface area contributed by atoms with Crippen molar-refractivity contribution < 1.29 is 78.6 Å². The van der Waals surface area contributed by atoms with Gasteiger partial charge in [0.1, 0.15) is 18.1 Å². The highest BCUT2D eigenvalue weighted by Gasteiger charge is 2.47. The molecule has 3 aromatic carbocycles. The Morgan fingerprint density at radius 1 is 0.603 bits per heavy atom. The Labute approximate surface area is 450 Å². The zero-order chi connectivity index (χ0) is 56.7. The van der Waals surface area contributed by atoms with Gasteiger partial charge in [0, 0.05) is 71.1 Å². The van der Waals surface area contributed by atoms with Crippen LogP contribution in [-0.4, -0.2) is 197 Å². The lowest BCUT2D eigenvalue weighted by Gasteiger charge is -2.29. The summed E-state index contributed by atoms with van der Waals surface area (Å²) < 4.78 is 0. The number of nitrogens with zero attached hydrogens (tertiary/aromatic N) is 2. The van der Waals surface area contributed by atoms with Crippen LogP contribution in [0, 0.1) is 23.7 Å². The van der Waals surface area contributed by atoms with Gasteiger partial charge in [-0.3, -0.25) is 43.4 Å². The highest BCUT2D eigenvalue weighted by Crippen LogP contribution is 2.43. The minimum Gasteiger partial charge on any atom is -0.481 e. The predicted octanol–water partition coefficient (Wildman–Crippen LogP) is 0.583. The van der Waals surface area contributed by atoms with Crippen molar-refractivity contribution in [2.24, 2.45) is 23.7 Å². The van der Waals surface area contributed by atoms with E-state index in [-0.39, 0.29) is 121 Å². The number of carboxylic acid groups (broad SMARTS) is 6. The molecule has 0 bridgehead atoms. The van der Waals surface area contributed by atoms with E-state index in [0.29, 0.717) is 45.1 Å². The maximum atomic E-state index is 14.2. The van der Waals surface area contributed by atoms with Crippen LogP contribution in [0.5, 0.6) is 0 Å². The first kappa shape index (κ1) is 61.4. The standard InChI is InChI=1S/C53H73N9O16/c63-43(28-54-18-20-61(30-46(68)69)22-23-62(31-47(70)71)21-19-55-29-45(66)67)57-27-32-12-14-33(15-13-32)49(72)58-42(26-40-37-8-3-1-6-34(37)24-35-7-2-4-9-38(35)40)50(73)56-17-16-36-25-39(36)48(52(76)77)60-53(78)59-41(51(74)75)10-5-11-44(64)65/h1-4,6-9,24,32-33,36,39,41-42,48,54-55H,5,10-23,25-31H2,(H,56,73)(H,57,63)(H,58,72)(H,64,65)(H,66,67)(H,68,69)(H,70,71)(H,74,75)(H,76,77)(H2,59,60,78)/t32?,33?,36?,39?,41-,42-,48-/m0/s1. The minimum atomic E-state index is -1.43. The summed E-state index contributed by atoms with van der Waals surface area (Å²) in [4.78, 5) is 126. The van der Waals surface area contributed by atoms with E-state index in [1.807, 2.05) is 48.5 Å². The molecule has 2 aliphatic rings. The topological polar surface area (TPSA) is 383 Å². The summed E-state index contributed by atoms with van der Waals surface area (Å²) in [6.07, 6.45) is 2.73. The third kappa shape index (κ3) is 20.8. The molecular formula is C53H73N9O16. The summed E-state index contributed by atoms with van der Waals surface area (Å²) in [5.74, 6) is -9.07. The van der Waals surface area contributed by atoms with E-state index in [1.54, 1.807) is 9.80 Å². The molecule has 2 aliphatic carbocycles. The molecule has 0 heterocycles. The van der Waals surface area contributed by atoms with E-state index in [9.17, 15) is 68.4 Å². The fourth-order valence-corrected chi connectivity index (χ4v) is 9.98. The summed E-state index contributed by atoms with van der Waals surface area (Å²) in [5, 5.41) is 78.9. The van der Waals surface area contributed by atoms with Gasteiger partial charge in [-0.2, -0.15) is 0 Å². The number of carbonyl (C=O) groups is 10. The second-order valence-electron chi connectivity index (χ2n) is 20.0. The van der Waals surface area contributed by atoms with Crippen molar-refractivity contribution in [2.75, 3.05) is 78.5 Å². The third-order valence-electron chi connectivity index (χ3n) is 14.2. The molecule has 78 heavy (non-hydrogen) atoms. The number of carboxylic acids is 6. The SMILES string of the molecule is O=C(O)CCC[C@H](NC(=O)N[C@H](C(=O)O)C1CC1CCNC(=O)[C@H](Cc1c2ccccc2cc2ccccc12)NC(=O)C1CCC(CNC(=O)CNCCN(CCN(CCNCC(=O)O)CC(=O)O)CC(=O)O)CC1)C(=O)O. The van der Waals surface area contributed by atoms with Crippen molar-refractivity contribution >= 4 is 81.1 Å². The van der Waals surface area contributed by atoms with Crippen LogP contribution in [0.3, 0.4) is 0 Å². The lowest BCUT2D eigenvalue weighted by molar-refractivity contribution is -0.141. The number of amides is 5. The van der Waals surface area contributed by atoms with Gasteiger partial charge in [0.2, 0.25) is 17.7 Å². The van der Waals surface area contributed by atoms with Crippen molar-refractivity contribution in [3.05, 3.63) is 60.2 Å². The quantitative estimate of drug-likeness (QED) is 0.0280. The Bertz CT molecular complexity index is 2540. The number of urea groups is 1. The van der Waals surface area contributed by atoms with Crippen LogP contribution >= 0.6 is 0 Å². The van der Waals surface area contributed by atoms with Gasteiger partial charge in [-0.1, -0.05) is 48.5 Å². The molecule has 0 aliphatic heterocycles. The smallest absolute Gasteiger partial charge is 0.326 e. The Hall–Kier alpha value is -7.48. The number of nitrogens with one attached hydrogen (secondary N) is 7. The summed E-state index contributed by atoms with van der Waals surface area (Å²) in [5.41, 5.74) is 0.874. The summed E-state index contributed by atoms with van der Waals surface area (Å²) in [6, 6.07) is 12.9. The molecule has 2 fully saturated rings. The lowest BCUT2D eigenvalue weighted by Crippen LogP contribution is -2.52. The molecule has 0 spiro atoms. The van der Waals surface area contributed by atoms with Crippen LogP contribution < -0.4 is 37.2 Å². The van der Waals surface area contributed by atoms with Gasteiger partial charge >= 0.3 is 41.8 Å². The van der Waals surface area contributed by atoms with Gasteiger partial charge in [0.15, 0.2) is 0 Å². The molecular weight excluding hydrogens is 1020 g/mol. The van der Waals surface area contributed by atoms with Gasteiger partial charge in [0.05, 0.1) is 26.2 Å². The molecule has 5 rings (SSSR count). The Kier molecular flexibility index (Phi) is 24.4. The molecule has 0 aromatic heterocycles. The highest BCUT2D eigenvalue weighted by molar-refractivity contribution is 6.03. The van der Waals surface area contributed by atoms with Crippen LogP contribution in [0.1, 0.15) is 63.4 Å². The maximum Gasteiger partial charge on any atom is 0.326 e. The van der Waals surface area contributed by atoms with Gasteiger partial charge in [-0.25, -0.2) is 14.4 Å². The second-order valence-corrected chi connectivity index (χ2v) is 20.0. The molecule has 25 nitrogen and oxygen atoms in total. The van der Waals surface area contributed by atoms with Gasteiger partial charge in [0.25, 0.3) is 0 Å². The number of aliphatic carboxylic acids is 6. The molecule has 426 valence electrons. The molecule has 0 saturated heterocycles. The van der Waals surface area contributed by atoms with Crippen LogP contribution in [0.4, 0.5) is 4.79 Å². The van der Waals surface area contributed by atoms with Crippen molar-refractivity contribution in [1.29, 1.82) is 0 Å². The number of carbonyl (C=O) groups excluding carboxylic acids is 4. The van der Waals surface area contributed by atoms with E-state index in [1.165, 1.54) is 0 Å². The zero-order valence-electron chi connectivity index (χ0n) is 43.5. The predicted molar refractivity (Wildman–Crippen MR) is 282 cm³/mol. The van der Waals surface area contributed by atoms with Crippen LogP contribution in [0.2, 0.25) is 0 Å². The molecule has 3 aromatic rings. The van der Waals surface area contributed by atoms with Crippen molar-refractivity contribution in [3.63, 3.8) is 0 Å². The van der Waals surface area contributed by atoms with Crippen molar-refractivity contribution in [2.45, 2.75) is 82.3 Å². The summed E-state index contributed by atoms with van der Waals surface area (Å²) >= 11 is 0. The maximum absolute atomic E-state index is 14.2. The molecule has 0 radical (unpaired) electrons. The number of hydrogen-bond donors (Lipinski definition) is 13. The third-order valence-corrected chi connectivity index (χ3v) is 14.2. The fourth-order valence-electron chi connectivity index (χ4n) is 9.98. The van der Waals surface area contributed by atoms with Crippen LogP contribution in [0.25, 0.3) is 21.5 Å². The summed E-state index contributed by atoms with van der Waals surface area (Å²) in [6.45, 7) is 0.982. The number of fused-ring (bicyclic) bond motifs is 2. The number of hydrogen-bond acceptors (Lipinski definition) is 14. The van der Waals surface area contributed by atoms with Crippen LogP contribution in [0.15, 0.2) is 54.6 Å². The van der Waals surface area contributed by atoms with Crippen molar-refractivity contribution in [3.8, 4) is 0 Å². The van der Waals surface area contributed by atoms with Gasteiger partial charge in [-0.05, 0) is 102 Å². The molecule has 5 amide bonds. The minimum absolute atomic E-state index is 0.0191. The normalized spacial score (nSPS) is 18.1. The number of rotatable bonds is 36. The monoisotopic (exact) mass is 1090 g/mol. The first-order valence-corrected chi connectivity index (χ1v) is 26.3. The van der Waals surface area contributed by atoms with E-state index in [0.717, 1.165) is 27.1 Å². The van der Waals surface area contributed by atoms with Crippen molar-refractivity contribution in [1.82, 2.24) is 47.0 Å². The lowest BCUT2D eigenvalue weighted by atomic mass is 9.81. The first-order valence-electron chi connectivity index (χ1n) is 26.3. The molecule has 2 saturated carbocycles. The van der Waals surface area contributed by atoms with Gasteiger partial charge < -0.3 is 67.9 Å². The molecule has 5 atom stereocenters. The van der Waals surface area contributed by atoms with Crippen LogP contribution in [-0.2, 0) is 49.6 Å². The fraction of sp³-hybridized carbons (Fsp3) is 0.547. The Balaban J connectivity index is 1.11. The van der Waals surface area contributed by atoms with E-state index in [2.05, 4.69) is 43.3 Å². The zero-order valence-corrected chi connectivity index (χ0v) is 43.5. The Morgan fingerprint density at radius 2 is 1.19 bits per heavy atom. The van der Waals surface area contributed by atoms with E-state index in [4.69, 9.17) is 10.2 Å². The molecule has 25 heteroatoms. The average molecular weight is 1090 g/mol. The van der Waals surface area contributed by atoms with Gasteiger partial charge in [-0.15, -0.1) is 0 Å². The summed E-state index contributed by atoms with van der Waals surface area (Å²) in [7, 11) is 0. The highest BCUT2D eigenvalue weighted by atomic mass is 16.4.